The van der Waals surface area contributed by atoms with Gasteiger partial charge in [0.2, 0.25) is 0 Å². The quantitative estimate of drug-likeness (QED) is 0.915. The summed E-state index contributed by atoms with van der Waals surface area (Å²) < 4.78 is 1.68. The Labute approximate surface area is 130 Å². The van der Waals surface area contributed by atoms with E-state index in [4.69, 9.17) is 5.11 Å². The SMILES string of the molecule is Cn1nnc2cc(C(=O)N(CCCO)CC(C)(C)C)ccc21. The number of fused-ring (bicyclic) bond motifs is 1. The lowest BCUT2D eigenvalue weighted by Gasteiger charge is -2.30. The van der Waals surface area contributed by atoms with Crippen molar-refractivity contribution in [1.82, 2.24) is 19.9 Å². The molecule has 1 N–H and O–H groups in total. The maximum atomic E-state index is 12.8. The van der Waals surface area contributed by atoms with E-state index < -0.39 is 0 Å². The molecule has 0 fully saturated rings. The molecule has 0 aliphatic carbocycles. The Kier molecular flexibility index (Phi) is 4.81. The lowest BCUT2D eigenvalue weighted by atomic mass is 9.95. The molecule has 0 bridgehead atoms. The molecule has 6 nitrogen and oxygen atoms in total. The van der Waals surface area contributed by atoms with Crippen LogP contribution in [0.25, 0.3) is 11.0 Å². The van der Waals surface area contributed by atoms with Crippen LogP contribution in [0.5, 0.6) is 0 Å². The monoisotopic (exact) mass is 304 g/mol. The molecular formula is C16H24N4O2. The molecule has 0 saturated carbocycles. The standard InChI is InChI=1S/C16H24N4O2/c1-16(2,3)11-20(8-5-9-21)15(22)12-6-7-14-13(10-12)17-18-19(14)4/h6-7,10,21H,5,8-9,11H2,1-4H3. The predicted molar refractivity (Wildman–Crippen MR) is 85.6 cm³/mol. The highest BCUT2D eigenvalue weighted by atomic mass is 16.3. The number of aromatic nitrogens is 3. The van der Waals surface area contributed by atoms with E-state index in [0.717, 1.165) is 5.52 Å². The van der Waals surface area contributed by atoms with Gasteiger partial charge in [0, 0.05) is 32.3 Å². The van der Waals surface area contributed by atoms with Crippen LogP contribution < -0.4 is 0 Å². The molecule has 6 heteroatoms. The van der Waals surface area contributed by atoms with E-state index in [1.807, 2.05) is 19.2 Å². The number of hydrogen-bond donors (Lipinski definition) is 1. The summed E-state index contributed by atoms with van der Waals surface area (Å²) in [5.74, 6) is -0.0315. The number of rotatable bonds is 5. The van der Waals surface area contributed by atoms with Crippen molar-refractivity contribution in [3.05, 3.63) is 23.8 Å². The van der Waals surface area contributed by atoms with Gasteiger partial charge in [0.15, 0.2) is 0 Å². The lowest BCUT2D eigenvalue weighted by molar-refractivity contribution is 0.0682. The molecule has 0 unspecified atom stereocenters. The average Bonchev–Trinajstić information content (AvgIpc) is 2.82. The Morgan fingerprint density at radius 1 is 1.36 bits per heavy atom. The van der Waals surface area contributed by atoms with E-state index in [0.29, 0.717) is 30.6 Å². The lowest BCUT2D eigenvalue weighted by Crippen LogP contribution is -2.38. The highest BCUT2D eigenvalue weighted by Gasteiger charge is 2.22. The molecule has 0 radical (unpaired) electrons. The molecule has 1 heterocycles. The zero-order chi connectivity index (χ0) is 16.3. The molecule has 1 aromatic heterocycles. The van der Waals surface area contributed by atoms with Crippen molar-refractivity contribution in [2.75, 3.05) is 19.7 Å². The van der Waals surface area contributed by atoms with Crippen molar-refractivity contribution in [3.8, 4) is 0 Å². The molecule has 1 amide bonds. The zero-order valence-electron chi connectivity index (χ0n) is 13.7. The second-order valence-corrected chi connectivity index (χ2v) is 6.78. The first-order chi connectivity index (χ1) is 10.3. The first-order valence-corrected chi connectivity index (χ1v) is 7.51. The number of carbonyl (C=O) groups excluding carboxylic acids is 1. The average molecular weight is 304 g/mol. The van der Waals surface area contributed by atoms with Crippen molar-refractivity contribution in [2.24, 2.45) is 12.5 Å². The molecule has 2 aromatic rings. The molecule has 0 atom stereocenters. The van der Waals surface area contributed by atoms with Crippen LogP contribution >= 0.6 is 0 Å². The first-order valence-electron chi connectivity index (χ1n) is 7.51. The number of aryl methyl sites for hydroxylation is 1. The van der Waals surface area contributed by atoms with Gasteiger partial charge in [-0.25, -0.2) is 4.68 Å². The fraction of sp³-hybridized carbons (Fsp3) is 0.562. The minimum atomic E-state index is -0.0315. The Balaban J connectivity index is 2.26. The summed E-state index contributed by atoms with van der Waals surface area (Å²) in [6, 6.07) is 5.45. The molecule has 22 heavy (non-hydrogen) atoms. The second kappa shape index (κ2) is 6.44. The van der Waals surface area contributed by atoms with E-state index in [1.54, 1.807) is 15.6 Å². The van der Waals surface area contributed by atoms with E-state index in [9.17, 15) is 4.79 Å². The summed E-state index contributed by atoms with van der Waals surface area (Å²) in [5.41, 5.74) is 2.22. The largest absolute Gasteiger partial charge is 0.396 e. The number of nitrogens with zero attached hydrogens (tertiary/aromatic N) is 4. The van der Waals surface area contributed by atoms with Gasteiger partial charge >= 0.3 is 0 Å². The molecular weight excluding hydrogens is 280 g/mol. The van der Waals surface area contributed by atoms with Crippen molar-refractivity contribution in [1.29, 1.82) is 0 Å². The molecule has 120 valence electrons. The Morgan fingerprint density at radius 3 is 2.73 bits per heavy atom. The van der Waals surface area contributed by atoms with Crippen molar-refractivity contribution in [2.45, 2.75) is 27.2 Å². The maximum Gasteiger partial charge on any atom is 0.253 e. The Hall–Kier alpha value is -1.95. The number of aliphatic hydroxyl groups excluding tert-OH is 1. The minimum Gasteiger partial charge on any atom is -0.396 e. The van der Waals surface area contributed by atoms with Gasteiger partial charge in [-0.1, -0.05) is 26.0 Å². The summed E-state index contributed by atoms with van der Waals surface area (Å²) in [6.45, 7) is 7.56. The number of aliphatic hydroxyl groups is 1. The molecule has 0 aliphatic rings. The predicted octanol–water partition coefficient (Wildman–Crippen LogP) is 1.84. The van der Waals surface area contributed by atoms with Crippen LogP contribution in [0.3, 0.4) is 0 Å². The highest BCUT2D eigenvalue weighted by molar-refractivity contribution is 5.97. The van der Waals surface area contributed by atoms with Gasteiger partial charge in [-0.15, -0.1) is 5.10 Å². The second-order valence-electron chi connectivity index (χ2n) is 6.78. The summed E-state index contributed by atoms with van der Waals surface area (Å²) >= 11 is 0. The van der Waals surface area contributed by atoms with Crippen LogP contribution in [0.4, 0.5) is 0 Å². The van der Waals surface area contributed by atoms with Crippen molar-refractivity contribution in [3.63, 3.8) is 0 Å². The van der Waals surface area contributed by atoms with Crippen LogP contribution in [0.15, 0.2) is 18.2 Å². The van der Waals surface area contributed by atoms with Crippen LogP contribution in [0.1, 0.15) is 37.6 Å². The molecule has 0 spiro atoms. The van der Waals surface area contributed by atoms with Gasteiger partial charge in [0.05, 0.1) is 5.52 Å². The Bertz CT molecular complexity index is 658. The van der Waals surface area contributed by atoms with Gasteiger partial charge in [0.1, 0.15) is 5.52 Å². The number of benzene rings is 1. The smallest absolute Gasteiger partial charge is 0.253 e. The van der Waals surface area contributed by atoms with Gasteiger partial charge in [0.25, 0.3) is 5.91 Å². The molecule has 1 aromatic carbocycles. The van der Waals surface area contributed by atoms with E-state index in [2.05, 4.69) is 31.1 Å². The van der Waals surface area contributed by atoms with Crippen LogP contribution in [-0.2, 0) is 7.05 Å². The van der Waals surface area contributed by atoms with Crippen LogP contribution in [0.2, 0.25) is 0 Å². The van der Waals surface area contributed by atoms with Gasteiger partial charge in [-0.05, 0) is 30.0 Å². The summed E-state index contributed by atoms with van der Waals surface area (Å²) in [6.07, 6.45) is 0.579. The minimum absolute atomic E-state index is 0.00176. The van der Waals surface area contributed by atoms with Gasteiger partial charge in [-0.3, -0.25) is 4.79 Å². The number of hydrogen-bond acceptors (Lipinski definition) is 4. The van der Waals surface area contributed by atoms with Crippen molar-refractivity contribution < 1.29 is 9.90 Å². The van der Waals surface area contributed by atoms with Crippen LogP contribution in [-0.4, -0.2) is 50.6 Å². The normalized spacial score (nSPS) is 11.9. The van der Waals surface area contributed by atoms with Gasteiger partial charge < -0.3 is 10.0 Å². The summed E-state index contributed by atoms with van der Waals surface area (Å²) in [5, 5.41) is 17.1. The third kappa shape index (κ3) is 3.82. The van der Waals surface area contributed by atoms with E-state index in [1.165, 1.54) is 0 Å². The van der Waals surface area contributed by atoms with E-state index >= 15 is 0 Å². The summed E-state index contributed by atoms with van der Waals surface area (Å²) in [7, 11) is 1.82. The number of amides is 1. The van der Waals surface area contributed by atoms with Crippen molar-refractivity contribution >= 4 is 16.9 Å². The van der Waals surface area contributed by atoms with Crippen LogP contribution in [0, 0.1) is 5.41 Å². The van der Waals surface area contributed by atoms with E-state index in [-0.39, 0.29) is 17.9 Å². The molecule has 0 aliphatic heterocycles. The maximum absolute atomic E-state index is 12.8. The molecule has 0 saturated heterocycles. The highest BCUT2D eigenvalue weighted by Crippen LogP contribution is 2.19. The first kappa shape index (κ1) is 16.4. The van der Waals surface area contributed by atoms with Gasteiger partial charge in [-0.2, -0.15) is 0 Å². The fourth-order valence-corrected chi connectivity index (χ4v) is 2.44. The fourth-order valence-electron chi connectivity index (χ4n) is 2.44. The molecule has 2 rings (SSSR count). The third-order valence-electron chi connectivity index (χ3n) is 3.40. The zero-order valence-corrected chi connectivity index (χ0v) is 13.7. The topological polar surface area (TPSA) is 71.2 Å². The number of carbonyl (C=O) groups is 1. The summed E-state index contributed by atoms with van der Waals surface area (Å²) in [4.78, 5) is 14.6. The Morgan fingerprint density at radius 2 is 2.09 bits per heavy atom. The third-order valence-corrected chi connectivity index (χ3v) is 3.40.